The lowest BCUT2D eigenvalue weighted by molar-refractivity contribution is -0.155. The van der Waals surface area contributed by atoms with Crippen LogP contribution in [0.15, 0.2) is 0 Å². The van der Waals surface area contributed by atoms with Gasteiger partial charge in [0.1, 0.15) is 17.2 Å². The molecule has 0 aromatic rings. The van der Waals surface area contributed by atoms with Gasteiger partial charge in [0, 0.05) is 7.05 Å². The van der Waals surface area contributed by atoms with E-state index in [4.69, 9.17) is 9.47 Å². The first-order valence-corrected chi connectivity index (χ1v) is 6.88. The first-order chi connectivity index (χ1) is 9.73. The molecule has 0 bridgehead atoms. The molecular weight excluding hydrogens is 292 g/mol. The van der Waals surface area contributed by atoms with Gasteiger partial charge in [0.2, 0.25) is 0 Å². The summed E-state index contributed by atoms with van der Waals surface area (Å²) >= 11 is 0. The van der Waals surface area contributed by atoms with Crippen LogP contribution in [0, 0.1) is 0 Å². The number of likely N-dealkylation sites (N-methyl/N-ethyl adjacent to an activating group) is 1. The quantitative estimate of drug-likeness (QED) is 0.620. The van der Waals surface area contributed by atoms with E-state index < -0.39 is 35.4 Å². The van der Waals surface area contributed by atoms with Gasteiger partial charge < -0.3 is 14.3 Å². The van der Waals surface area contributed by atoms with E-state index in [1.54, 1.807) is 41.5 Å². The van der Waals surface area contributed by atoms with Gasteiger partial charge in [0.05, 0.1) is 0 Å². The van der Waals surface area contributed by atoms with Crippen molar-refractivity contribution in [1.29, 1.82) is 0 Å². The number of hydroxylamine groups is 1. The Morgan fingerprint density at radius 3 is 1.82 bits per heavy atom. The highest BCUT2D eigenvalue weighted by Gasteiger charge is 2.29. The van der Waals surface area contributed by atoms with Crippen molar-refractivity contribution in [2.75, 3.05) is 7.05 Å². The lowest BCUT2D eigenvalue weighted by Gasteiger charge is -2.27. The Bertz CT molecular complexity index is 422. The number of carbonyl (C=O) groups excluding carboxylic acids is 3. The highest BCUT2D eigenvalue weighted by Crippen LogP contribution is 2.11. The third-order valence-corrected chi connectivity index (χ3v) is 2.24. The first-order valence-electron chi connectivity index (χ1n) is 6.88. The lowest BCUT2D eigenvalue weighted by atomic mass is 10.2. The van der Waals surface area contributed by atoms with Crippen LogP contribution in [-0.2, 0) is 19.1 Å². The minimum absolute atomic E-state index is 0.672. The molecule has 128 valence electrons. The maximum atomic E-state index is 11.8. The Hall–Kier alpha value is -1.99. The highest BCUT2D eigenvalue weighted by atomic mass is 16.7. The van der Waals surface area contributed by atoms with Crippen molar-refractivity contribution < 1.29 is 28.7 Å². The van der Waals surface area contributed by atoms with E-state index in [1.807, 2.05) is 5.48 Å². The number of rotatable bonds is 2. The zero-order valence-corrected chi connectivity index (χ0v) is 14.5. The second kappa shape index (κ2) is 7.33. The van der Waals surface area contributed by atoms with E-state index in [2.05, 4.69) is 4.84 Å². The molecule has 0 aromatic heterocycles. The molecule has 8 heteroatoms. The van der Waals surface area contributed by atoms with E-state index in [-0.39, 0.29) is 0 Å². The third-order valence-electron chi connectivity index (χ3n) is 2.24. The molecule has 0 fully saturated rings. The van der Waals surface area contributed by atoms with Crippen LogP contribution in [-0.4, -0.2) is 47.3 Å². The summed E-state index contributed by atoms with van der Waals surface area (Å²) in [4.78, 5) is 40.6. The van der Waals surface area contributed by atoms with Crippen LogP contribution in [0.1, 0.15) is 48.5 Å². The molecule has 2 amide bonds. The average molecular weight is 318 g/mol. The van der Waals surface area contributed by atoms with Gasteiger partial charge in [-0.2, -0.15) is 0 Å². The summed E-state index contributed by atoms with van der Waals surface area (Å²) < 4.78 is 10.0. The molecule has 1 atom stereocenters. The molecule has 0 spiro atoms. The minimum atomic E-state index is -0.940. The largest absolute Gasteiger partial charge is 0.444 e. The topological polar surface area (TPSA) is 94.2 Å². The van der Waals surface area contributed by atoms with E-state index in [0.717, 1.165) is 4.90 Å². The summed E-state index contributed by atoms with van der Waals surface area (Å²) in [5.41, 5.74) is 0.483. The van der Waals surface area contributed by atoms with Gasteiger partial charge in [-0.05, 0) is 48.5 Å². The fourth-order valence-electron chi connectivity index (χ4n) is 1.13. The molecular formula is C14H26N2O6. The van der Waals surface area contributed by atoms with Crippen LogP contribution in [0.3, 0.4) is 0 Å². The summed E-state index contributed by atoms with van der Waals surface area (Å²) in [6.07, 6.45) is -1.57. The zero-order chi connectivity index (χ0) is 17.7. The van der Waals surface area contributed by atoms with Crippen molar-refractivity contribution in [3.05, 3.63) is 0 Å². The fourth-order valence-corrected chi connectivity index (χ4v) is 1.13. The number of nitrogens with zero attached hydrogens (tertiary/aromatic N) is 1. The summed E-state index contributed by atoms with van der Waals surface area (Å²) in [7, 11) is 1.40. The number of hydrogen-bond acceptors (Lipinski definition) is 6. The van der Waals surface area contributed by atoms with Gasteiger partial charge in [-0.3, -0.25) is 4.90 Å². The molecule has 0 saturated heterocycles. The van der Waals surface area contributed by atoms with Crippen molar-refractivity contribution in [2.24, 2.45) is 0 Å². The predicted molar refractivity (Wildman–Crippen MR) is 78.9 cm³/mol. The second-order valence-corrected chi connectivity index (χ2v) is 6.79. The highest BCUT2D eigenvalue weighted by molar-refractivity contribution is 5.81. The molecule has 0 aliphatic rings. The van der Waals surface area contributed by atoms with Crippen molar-refractivity contribution >= 4 is 18.2 Å². The van der Waals surface area contributed by atoms with Gasteiger partial charge in [-0.15, -0.1) is 5.48 Å². The Labute approximate surface area is 131 Å². The summed E-state index contributed by atoms with van der Waals surface area (Å²) in [6.45, 7) is 11.6. The van der Waals surface area contributed by atoms with Crippen LogP contribution in [0.25, 0.3) is 0 Å². The number of hydrogen-bond donors (Lipinski definition) is 1. The number of nitrogens with one attached hydrogen (secondary N) is 1. The summed E-state index contributed by atoms with van der Waals surface area (Å²) in [5.74, 6) is -0.820. The van der Waals surface area contributed by atoms with Crippen molar-refractivity contribution in [3.8, 4) is 0 Å². The van der Waals surface area contributed by atoms with Crippen molar-refractivity contribution in [1.82, 2.24) is 10.4 Å². The molecule has 0 unspecified atom stereocenters. The van der Waals surface area contributed by atoms with Crippen LogP contribution in [0.2, 0.25) is 0 Å². The first kappa shape index (κ1) is 20.0. The van der Waals surface area contributed by atoms with Crippen LogP contribution in [0.4, 0.5) is 9.59 Å². The molecule has 0 aliphatic heterocycles. The predicted octanol–water partition coefficient (Wildman–Crippen LogP) is 2.22. The van der Waals surface area contributed by atoms with Crippen LogP contribution in [0.5, 0.6) is 0 Å². The van der Waals surface area contributed by atoms with Gasteiger partial charge in [-0.25, -0.2) is 14.4 Å². The van der Waals surface area contributed by atoms with E-state index in [9.17, 15) is 14.4 Å². The molecule has 0 radical (unpaired) electrons. The second-order valence-electron chi connectivity index (χ2n) is 6.79. The maximum absolute atomic E-state index is 11.8. The van der Waals surface area contributed by atoms with Crippen molar-refractivity contribution in [2.45, 2.75) is 65.7 Å². The van der Waals surface area contributed by atoms with Crippen molar-refractivity contribution in [3.63, 3.8) is 0 Å². The molecule has 8 nitrogen and oxygen atoms in total. The zero-order valence-electron chi connectivity index (χ0n) is 14.5. The van der Waals surface area contributed by atoms with Gasteiger partial charge in [-0.1, -0.05) is 0 Å². The van der Waals surface area contributed by atoms with Gasteiger partial charge >= 0.3 is 18.2 Å². The molecule has 22 heavy (non-hydrogen) atoms. The van der Waals surface area contributed by atoms with E-state index in [0.29, 0.717) is 0 Å². The lowest BCUT2D eigenvalue weighted by Crippen LogP contribution is -2.46. The molecule has 0 rings (SSSR count). The summed E-state index contributed by atoms with van der Waals surface area (Å²) in [6, 6.07) is -0.940. The molecule has 0 saturated carbocycles. The SMILES string of the molecule is C[C@@H](C(=O)ONC(=O)OC(C)(C)C)N(C)C(=O)OC(C)(C)C. The Morgan fingerprint density at radius 2 is 1.41 bits per heavy atom. The number of amides is 2. The maximum Gasteiger partial charge on any atom is 0.441 e. The van der Waals surface area contributed by atoms with Crippen LogP contribution < -0.4 is 5.48 Å². The molecule has 0 heterocycles. The molecule has 0 aliphatic carbocycles. The Kier molecular flexibility index (Phi) is 6.66. The molecule has 1 N–H and O–H groups in total. The normalized spacial score (nSPS) is 12.9. The summed E-state index contributed by atoms with van der Waals surface area (Å²) in [5, 5.41) is 0. The number of carbonyl (C=O) groups is 3. The average Bonchev–Trinajstić information content (AvgIpc) is 2.29. The standard InChI is InChI=1S/C14H26N2O6/c1-9(16(8)12(19)21-14(5,6)7)10(17)22-15-11(18)20-13(2,3)4/h9H,1-8H3,(H,15,18)/t9-/m0/s1. The van der Waals surface area contributed by atoms with Crippen LogP contribution >= 0.6 is 0 Å². The smallest absolute Gasteiger partial charge is 0.441 e. The van der Waals surface area contributed by atoms with Gasteiger partial charge in [0.15, 0.2) is 0 Å². The van der Waals surface area contributed by atoms with E-state index >= 15 is 0 Å². The monoisotopic (exact) mass is 318 g/mol. The third kappa shape index (κ3) is 8.33. The van der Waals surface area contributed by atoms with Gasteiger partial charge in [0.25, 0.3) is 0 Å². The fraction of sp³-hybridized carbons (Fsp3) is 0.786. The molecule has 0 aromatic carbocycles. The minimum Gasteiger partial charge on any atom is -0.444 e. The Balaban J connectivity index is 4.43. The Morgan fingerprint density at radius 1 is 0.955 bits per heavy atom. The number of ether oxygens (including phenoxy) is 2. The van der Waals surface area contributed by atoms with E-state index in [1.165, 1.54) is 14.0 Å².